The molecule has 2 aromatic rings. The molecule has 3 amide bonds. The van der Waals surface area contributed by atoms with Gasteiger partial charge in [-0.05, 0) is 53.7 Å². The number of nitrogens with one attached hydrogen (secondary N) is 1. The van der Waals surface area contributed by atoms with E-state index in [9.17, 15) is 19.5 Å². The highest BCUT2D eigenvalue weighted by molar-refractivity contribution is 8.18. The number of nitrogens with zero attached hydrogens (tertiary/aromatic N) is 1. The number of hydrogen-bond acceptors (Lipinski definition) is 6. The number of phenols is 1. The van der Waals surface area contributed by atoms with E-state index >= 15 is 0 Å². The fourth-order valence-electron chi connectivity index (χ4n) is 2.49. The Balaban J connectivity index is 1.69. The largest absolute Gasteiger partial charge is 0.506 e. The molecule has 3 rings (SSSR count). The second kappa shape index (κ2) is 8.77. The van der Waals surface area contributed by atoms with Gasteiger partial charge in [-0.15, -0.1) is 0 Å². The molecular formula is C19H14Cl2N2O5S. The third-order valence-corrected chi connectivity index (χ3v) is 5.39. The van der Waals surface area contributed by atoms with Crippen molar-refractivity contribution in [3.05, 3.63) is 56.9 Å². The molecule has 0 aliphatic carbocycles. The summed E-state index contributed by atoms with van der Waals surface area (Å²) in [6, 6.07) is 9.07. The summed E-state index contributed by atoms with van der Waals surface area (Å²) in [6.07, 6.45) is 1.47. The Morgan fingerprint density at radius 1 is 1.21 bits per heavy atom. The van der Waals surface area contributed by atoms with Crippen LogP contribution in [0.2, 0.25) is 10.0 Å². The molecule has 0 unspecified atom stereocenters. The molecule has 2 N–H and O–H groups in total. The van der Waals surface area contributed by atoms with E-state index < -0.39 is 23.6 Å². The molecule has 1 saturated heterocycles. The van der Waals surface area contributed by atoms with Gasteiger partial charge in [-0.1, -0.05) is 29.3 Å². The smallest absolute Gasteiger partial charge is 0.294 e. The molecule has 7 nitrogen and oxygen atoms in total. The number of methoxy groups -OCH3 is 1. The number of thioether (sulfide) groups is 1. The second-order valence-corrected chi connectivity index (χ2v) is 7.68. The standard InChI is InChI=1S/C19H14Cl2N2O5S/c1-28-15-5-3-11(8-13(15)21)22-17(25)9-23-18(26)16(29-19(23)27)7-10-2-4-14(24)12(20)6-10/h2-8,24H,9H2,1H3,(H,22,25). The van der Waals surface area contributed by atoms with E-state index in [1.54, 1.807) is 18.2 Å². The Morgan fingerprint density at radius 2 is 1.97 bits per heavy atom. The van der Waals surface area contributed by atoms with Crippen LogP contribution in [0.4, 0.5) is 10.5 Å². The van der Waals surface area contributed by atoms with Crippen molar-refractivity contribution >= 4 is 63.8 Å². The molecule has 0 spiro atoms. The predicted molar refractivity (Wildman–Crippen MR) is 112 cm³/mol. The monoisotopic (exact) mass is 452 g/mol. The molecule has 10 heteroatoms. The van der Waals surface area contributed by atoms with Crippen molar-refractivity contribution in [2.45, 2.75) is 0 Å². The minimum absolute atomic E-state index is 0.0905. The van der Waals surface area contributed by atoms with Crippen LogP contribution in [0.1, 0.15) is 5.56 Å². The van der Waals surface area contributed by atoms with Gasteiger partial charge in [-0.3, -0.25) is 19.3 Å². The SMILES string of the molecule is COc1ccc(NC(=O)CN2C(=O)SC(=Cc3ccc(O)c(Cl)c3)C2=O)cc1Cl. The zero-order valence-corrected chi connectivity index (χ0v) is 17.3. The lowest BCUT2D eigenvalue weighted by molar-refractivity contribution is -0.127. The van der Waals surface area contributed by atoms with E-state index in [4.69, 9.17) is 27.9 Å². The number of aromatic hydroxyl groups is 1. The molecule has 1 aliphatic heterocycles. The first-order valence-corrected chi connectivity index (χ1v) is 9.73. The van der Waals surface area contributed by atoms with Crippen molar-refractivity contribution < 1.29 is 24.2 Å². The predicted octanol–water partition coefficient (Wildman–Crippen LogP) is 4.38. The molecule has 1 fully saturated rings. The topological polar surface area (TPSA) is 95.9 Å². The number of amides is 3. The summed E-state index contributed by atoms with van der Waals surface area (Å²) in [6.45, 7) is -0.442. The van der Waals surface area contributed by atoms with Crippen molar-refractivity contribution in [3.63, 3.8) is 0 Å². The van der Waals surface area contributed by atoms with Crippen molar-refractivity contribution in [1.29, 1.82) is 0 Å². The number of halogens is 2. The molecule has 0 atom stereocenters. The van der Waals surface area contributed by atoms with E-state index in [-0.39, 0.29) is 15.7 Å². The molecule has 29 heavy (non-hydrogen) atoms. The Hall–Kier alpha value is -2.68. The first-order chi connectivity index (χ1) is 13.8. The van der Waals surface area contributed by atoms with Crippen molar-refractivity contribution in [3.8, 4) is 11.5 Å². The van der Waals surface area contributed by atoms with Crippen LogP contribution in [0.25, 0.3) is 6.08 Å². The van der Waals surface area contributed by atoms with Crippen LogP contribution in [0.5, 0.6) is 11.5 Å². The summed E-state index contributed by atoms with van der Waals surface area (Å²) in [5.74, 6) is -0.781. The summed E-state index contributed by atoms with van der Waals surface area (Å²) in [4.78, 5) is 38.0. The van der Waals surface area contributed by atoms with Crippen LogP contribution in [0.3, 0.4) is 0 Å². The Labute approximate surface area is 180 Å². The number of rotatable bonds is 5. The van der Waals surface area contributed by atoms with Crippen molar-refractivity contribution in [2.24, 2.45) is 0 Å². The maximum absolute atomic E-state index is 12.5. The zero-order chi connectivity index (χ0) is 21.1. The lowest BCUT2D eigenvalue weighted by atomic mass is 10.2. The number of phenolic OH excluding ortho intramolecular Hbond substituents is 1. The molecule has 0 radical (unpaired) electrons. The van der Waals surface area contributed by atoms with E-state index in [2.05, 4.69) is 5.32 Å². The van der Waals surface area contributed by atoms with Crippen LogP contribution >= 0.6 is 35.0 Å². The van der Waals surface area contributed by atoms with Gasteiger partial charge in [-0.2, -0.15) is 0 Å². The first kappa shape index (κ1) is 21.0. The molecule has 150 valence electrons. The number of ether oxygens (including phenoxy) is 1. The molecule has 0 bridgehead atoms. The number of hydrogen-bond donors (Lipinski definition) is 2. The van der Waals surface area contributed by atoms with Crippen LogP contribution in [-0.4, -0.2) is 40.7 Å². The molecule has 1 heterocycles. The minimum Gasteiger partial charge on any atom is -0.506 e. The van der Waals surface area contributed by atoms with Gasteiger partial charge >= 0.3 is 0 Å². The van der Waals surface area contributed by atoms with E-state index in [0.717, 1.165) is 16.7 Å². The third kappa shape index (κ3) is 4.84. The number of carbonyl (C=O) groups excluding carboxylic acids is 3. The molecule has 0 aromatic heterocycles. The van der Waals surface area contributed by atoms with Gasteiger partial charge < -0.3 is 15.2 Å². The average Bonchev–Trinajstić information content (AvgIpc) is 2.92. The lowest BCUT2D eigenvalue weighted by Gasteiger charge is -2.13. The van der Waals surface area contributed by atoms with Crippen LogP contribution in [0, 0.1) is 0 Å². The van der Waals surface area contributed by atoms with Crippen LogP contribution in [-0.2, 0) is 9.59 Å². The van der Waals surface area contributed by atoms with Gasteiger partial charge in [0.2, 0.25) is 5.91 Å². The first-order valence-electron chi connectivity index (χ1n) is 8.15. The Bertz CT molecular complexity index is 1040. The number of carbonyl (C=O) groups is 3. The maximum atomic E-state index is 12.5. The van der Waals surface area contributed by atoms with E-state index in [0.29, 0.717) is 22.0 Å². The summed E-state index contributed by atoms with van der Waals surface area (Å²) >= 11 is 12.6. The normalized spacial score (nSPS) is 15.1. The highest BCUT2D eigenvalue weighted by Crippen LogP contribution is 2.33. The Morgan fingerprint density at radius 3 is 2.62 bits per heavy atom. The van der Waals surface area contributed by atoms with Gasteiger partial charge in [0.25, 0.3) is 11.1 Å². The van der Waals surface area contributed by atoms with Gasteiger partial charge in [-0.25, -0.2) is 0 Å². The zero-order valence-electron chi connectivity index (χ0n) is 14.9. The summed E-state index contributed by atoms with van der Waals surface area (Å²) < 4.78 is 5.04. The number of imide groups is 1. The molecule has 0 saturated carbocycles. The second-order valence-electron chi connectivity index (χ2n) is 5.88. The van der Waals surface area contributed by atoms with Gasteiger partial charge in [0.15, 0.2) is 0 Å². The molecule has 2 aromatic carbocycles. The summed E-state index contributed by atoms with van der Waals surface area (Å²) in [5.41, 5.74) is 0.942. The molecule has 1 aliphatic rings. The Kier molecular flexibility index (Phi) is 6.36. The summed E-state index contributed by atoms with van der Waals surface area (Å²) in [5, 5.41) is 11.9. The third-order valence-electron chi connectivity index (χ3n) is 3.88. The van der Waals surface area contributed by atoms with Gasteiger partial charge in [0, 0.05) is 5.69 Å². The average molecular weight is 453 g/mol. The number of benzene rings is 2. The van der Waals surface area contributed by atoms with Crippen molar-refractivity contribution in [1.82, 2.24) is 4.90 Å². The number of anilines is 1. The van der Waals surface area contributed by atoms with Crippen LogP contribution in [0.15, 0.2) is 41.3 Å². The lowest BCUT2D eigenvalue weighted by Crippen LogP contribution is -2.36. The van der Waals surface area contributed by atoms with E-state index in [1.165, 1.54) is 31.4 Å². The fourth-order valence-corrected chi connectivity index (χ4v) is 3.77. The quantitative estimate of drug-likeness (QED) is 0.653. The van der Waals surface area contributed by atoms with Gasteiger partial charge in [0.1, 0.15) is 18.0 Å². The van der Waals surface area contributed by atoms with E-state index in [1.807, 2.05) is 0 Å². The summed E-state index contributed by atoms with van der Waals surface area (Å²) in [7, 11) is 1.47. The molecular weight excluding hydrogens is 439 g/mol. The highest BCUT2D eigenvalue weighted by atomic mass is 35.5. The van der Waals surface area contributed by atoms with Crippen LogP contribution < -0.4 is 10.1 Å². The van der Waals surface area contributed by atoms with Crippen molar-refractivity contribution in [2.75, 3.05) is 19.0 Å². The highest BCUT2D eigenvalue weighted by Gasteiger charge is 2.36. The maximum Gasteiger partial charge on any atom is 0.294 e. The minimum atomic E-state index is -0.591. The fraction of sp³-hybridized carbons (Fsp3) is 0.105. The van der Waals surface area contributed by atoms with Gasteiger partial charge in [0.05, 0.1) is 22.1 Å².